The molecule has 0 N–H and O–H groups in total. The Bertz CT molecular complexity index is 425. The average molecular weight is 214 g/mol. The number of nitriles is 1. The van der Waals surface area contributed by atoms with E-state index in [2.05, 4.69) is 20.9 Å². The van der Waals surface area contributed by atoms with Crippen LogP contribution >= 0.6 is 0 Å². The van der Waals surface area contributed by atoms with Crippen LogP contribution in [0.15, 0.2) is 12.3 Å². The third-order valence-electron chi connectivity index (χ3n) is 3.77. The summed E-state index contributed by atoms with van der Waals surface area (Å²) in [5.74, 6) is 2.39. The number of anilines is 1. The molecule has 0 aromatic carbocycles. The van der Waals surface area contributed by atoms with Gasteiger partial charge < -0.3 is 4.90 Å². The molecule has 0 amide bonds. The lowest BCUT2D eigenvalue weighted by Crippen LogP contribution is -2.23. The minimum atomic E-state index is 0.460. The summed E-state index contributed by atoms with van der Waals surface area (Å²) in [7, 11) is 0. The monoisotopic (exact) mass is 214 g/mol. The zero-order chi connectivity index (χ0) is 11.0. The first-order valence-corrected chi connectivity index (χ1v) is 5.85. The molecule has 0 spiro atoms. The third kappa shape index (κ3) is 1.53. The molecule has 1 aromatic rings. The molecule has 4 heteroatoms. The van der Waals surface area contributed by atoms with Crippen LogP contribution in [0.5, 0.6) is 0 Å². The van der Waals surface area contributed by atoms with Crippen molar-refractivity contribution >= 4 is 5.95 Å². The molecule has 2 heterocycles. The van der Waals surface area contributed by atoms with Crippen molar-refractivity contribution in [3.63, 3.8) is 0 Å². The maximum absolute atomic E-state index is 8.81. The fourth-order valence-electron chi connectivity index (χ4n) is 2.96. The highest BCUT2D eigenvalue weighted by Gasteiger charge is 2.36. The van der Waals surface area contributed by atoms with E-state index in [1.807, 2.05) is 0 Å². The molecule has 16 heavy (non-hydrogen) atoms. The Hall–Kier alpha value is -1.63. The van der Waals surface area contributed by atoms with Crippen LogP contribution in [-0.2, 0) is 0 Å². The maximum atomic E-state index is 8.81. The number of hydrogen-bond acceptors (Lipinski definition) is 4. The van der Waals surface area contributed by atoms with Crippen LogP contribution in [0.25, 0.3) is 0 Å². The van der Waals surface area contributed by atoms with Gasteiger partial charge >= 0.3 is 0 Å². The van der Waals surface area contributed by atoms with E-state index in [0.717, 1.165) is 30.9 Å². The highest BCUT2D eigenvalue weighted by molar-refractivity contribution is 5.35. The van der Waals surface area contributed by atoms with Gasteiger partial charge in [0.25, 0.3) is 0 Å². The molecule has 1 aromatic heterocycles. The number of nitrogens with zero attached hydrogens (tertiary/aromatic N) is 4. The van der Waals surface area contributed by atoms with Crippen molar-refractivity contribution in [2.75, 3.05) is 18.0 Å². The molecule has 3 rings (SSSR count). The second-order valence-electron chi connectivity index (χ2n) is 4.71. The van der Waals surface area contributed by atoms with Crippen molar-refractivity contribution in [3.05, 3.63) is 18.0 Å². The second-order valence-corrected chi connectivity index (χ2v) is 4.71. The Morgan fingerprint density at radius 2 is 2.06 bits per heavy atom. The van der Waals surface area contributed by atoms with E-state index in [-0.39, 0.29) is 0 Å². The Labute approximate surface area is 94.9 Å². The molecule has 2 unspecified atom stereocenters. The van der Waals surface area contributed by atoms with E-state index in [1.54, 1.807) is 12.3 Å². The van der Waals surface area contributed by atoms with E-state index in [1.165, 1.54) is 19.3 Å². The molecule has 2 atom stereocenters. The van der Waals surface area contributed by atoms with Gasteiger partial charge in [0, 0.05) is 19.3 Å². The highest BCUT2D eigenvalue weighted by Crippen LogP contribution is 2.38. The lowest BCUT2D eigenvalue weighted by Gasteiger charge is -2.16. The predicted octanol–water partition coefficient (Wildman–Crippen LogP) is 1.58. The number of fused-ring (bicyclic) bond motifs is 1. The standard InChI is InChI=1S/C12H14N4/c13-6-11-4-5-14-12(15-11)16-7-9-2-1-3-10(9)8-16/h4-5,9-10H,1-3,7-8H2. The fraction of sp³-hybridized carbons (Fsp3) is 0.583. The highest BCUT2D eigenvalue weighted by atomic mass is 15.3. The smallest absolute Gasteiger partial charge is 0.226 e. The van der Waals surface area contributed by atoms with Gasteiger partial charge in [0.2, 0.25) is 5.95 Å². The summed E-state index contributed by atoms with van der Waals surface area (Å²) in [6.07, 6.45) is 5.75. The first-order valence-electron chi connectivity index (χ1n) is 5.85. The summed E-state index contributed by atoms with van der Waals surface area (Å²) >= 11 is 0. The number of hydrogen-bond donors (Lipinski definition) is 0. The summed E-state index contributed by atoms with van der Waals surface area (Å²) in [5.41, 5.74) is 0.460. The molecule has 82 valence electrons. The van der Waals surface area contributed by atoms with Gasteiger partial charge in [-0.05, 0) is 30.7 Å². The average Bonchev–Trinajstić information content (AvgIpc) is 2.89. The van der Waals surface area contributed by atoms with Gasteiger partial charge in [0.15, 0.2) is 0 Å². The van der Waals surface area contributed by atoms with Gasteiger partial charge in [-0.25, -0.2) is 9.97 Å². The van der Waals surface area contributed by atoms with Crippen molar-refractivity contribution in [1.82, 2.24) is 9.97 Å². The minimum absolute atomic E-state index is 0.460. The van der Waals surface area contributed by atoms with Crippen LogP contribution in [0.2, 0.25) is 0 Å². The fourth-order valence-corrected chi connectivity index (χ4v) is 2.96. The molecule has 1 aliphatic carbocycles. The van der Waals surface area contributed by atoms with Crippen molar-refractivity contribution in [2.45, 2.75) is 19.3 Å². The topological polar surface area (TPSA) is 52.8 Å². The van der Waals surface area contributed by atoms with Crippen molar-refractivity contribution in [1.29, 1.82) is 5.26 Å². The van der Waals surface area contributed by atoms with Gasteiger partial charge in [0.05, 0.1) is 0 Å². The summed E-state index contributed by atoms with van der Waals surface area (Å²) in [6.45, 7) is 2.14. The molecule has 2 fully saturated rings. The predicted molar refractivity (Wildman–Crippen MR) is 59.8 cm³/mol. The SMILES string of the molecule is N#Cc1ccnc(N2CC3CCCC3C2)n1. The zero-order valence-electron chi connectivity index (χ0n) is 9.13. The van der Waals surface area contributed by atoms with Crippen LogP contribution < -0.4 is 4.90 Å². The van der Waals surface area contributed by atoms with Crippen molar-refractivity contribution in [2.24, 2.45) is 11.8 Å². The molecular weight excluding hydrogens is 200 g/mol. The largest absolute Gasteiger partial charge is 0.340 e. The first-order chi connectivity index (χ1) is 7.86. The van der Waals surface area contributed by atoms with Crippen molar-refractivity contribution in [3.8, 4) is 6.07 Å². The molecule has 4 nitrogen and oxygen atoms in total. The molecule has 0 bridgehead atoms. The molecular formula is C12H14N4. The van der Waals surface area contributed by atoms with Gasteiger partial charge in [-0.1, -0.05) is 6.42 Å². The second kappa shape index (κ2) is 3.75. The summed E-state index contributed by atoms with van der Waals surface area (Å²) < 4.78 is 0. The lowest BCUT2D eigenvalue weighted by molar-refractivity contribution is 0.494. The van der Waals surface area contributed by atoms with E-state index in [4.69, 9.17) is 5.26 Å². The van der Waals surface area contributed by atoms with Crippen LogP contribution in [-0.4, -0.2) is 23.1 Å². The van der Waals surface area contributed by atoms with Crippen LogP contribution in [0.1, 0.15) is 25.0 Å². The van der Waals surface area contributed by atoms with Gasteiger partial charge in [-0.2, -0.15) is 5.26 Å². The van der Waals surface area contributed by atoms with Crippen LogP contribution in [0, 0.1) is 23.2 Å². The van der Waals surface area contributed by atoms with Crippen LogP contribution in [0.4, 0.5) is 5.95 Å². The summed E-state index contributed by atoms with van der Waals surface area (Å²) in [4.78, 5) is 10.7. The van der Waals surface area contributed by atoms with E-state index in [9.17, 15) is 0 Å². The minimum Gasteiger partial charge on any atom is -0.340 e. The Morgan fingerprint density at radius 3 is 2.75 bits per heavy atom. The molecule has 1 aliphatic heterocycles. The van der Waals surface area contributed by atoms with E-state index >= 15 is 0 Å². The zero-order valence-corrected chi connectivity index (χ0v) is 9.13. The Kier molecular flexibility index (Phi) is 2.24. The lowest BCUT2D eigenvalue weighted by atomic mass is 10.0. The van der Waals surface area contributed by atoms with Crippen molar-refractivity contribution < 1.29 is 0 Å². The molecule has 1 saturated heterocycles. The summed E-state index contributed by atoms with van der Waals surface area (Å²) in [6, 6.07) is 3.72. The van der Waals surface area contributed by atoms with Gasteiger partial charge in [-0.3, -0.25) is 0 Å². The number of rotatable bonds is 1. The Morgan fingerprint density at radius 1 is 1.31 bits per heavy atom. The Balaban J connectivity index is 1.81. The molecule has 1 saturated carbocycles. The van der Waals surface area contributed by atoms with E-state index in [0.29, 0.717) is 5.69 Å². The first kappa shape index (κ1) is 9.59. The van der Waals surface area contributed by atoms with Gasteiger partial charge in [0.1, 0.15) is 11.8 Å². The third-order valence-corrected chi connectivity index (χ3v) is 3.77. The molecule has 2 aliphatic rings. The van der Waals surface area contributed by atoms with Gasteiger partial charge in [-0.15, -0.1) is 0 Å². The molecule has 0 radical (unpaired) electrons. The van der Waals surface area contributed by atoms with E-state index < -0.39 is 0 Å². The normalized spacial score (nSPS) is 27.8. The number of aromatic nitrogens is 2. The summed E-state index contributed by atoms with van der Waals surface area (Å²) in [5, 5.41) is 8.81. The maximum Gasteiger partial charge on any atom is 0.226 e. The quantitative estimate of drug-likeness (QED) is 0.712. The van der Waals surface area contributed by atoms with Crippen LogP contribution in [0.3, 0.4) is 0 Å².